The fourth-order valence-corrected chi connectivity index (χ4v) is 4.49. The van der Waals surface area contributed by atoms with Gasteiger partial charge in [0.15, 0.2) is 5.11 Å². The van der Waals surface area contributed by atoms with E-state index in [0.717, 1.165) is 47.0 Å². The molecule has 3 aromatic carbocycles. The molecule has 0 aliphatic carbocycles. The minimum Gasteiger partial charge on any atom is -0.369 e. The smallest absolute Gasteiger partial charge is 0.257 e. The fraction of sp³-hybridized carbons (Fsp3) is 0.200. The zero-order valence-corrected chi connectivity index (χ0v) is 21.7. The van der Waals surface area contributed by atoms with Crippen LogP contribution in [-0.2, 0) is 6.54 Å². The average molecular weight is 591 g/mol. The van der Waals surface area contributed by atoms with Gasteiger partial charge in [-0.25, -0.2) is 0 Å². The Hall–Kier alpha value is -2.20. The van der Waals surface area contributed by atoms with Crippen molar-refractivity contribution in [3.63, 3.8) is 0 Å². The summed E-state index contributed by atoms with van der Waals surface area (Å²) in [7, 11) is 0. The summed E-state index contributed by atoms with van der Waals surface area (Å²) in [5.41, 5.74) is 3.76. The zero-order valence-electron chi connectivity index (χ0n) is 17.9. The van der Waals surface area contributed by atoms with Gasteiger partial charge in [0.1, 0.15) is 0 Å². The summed E-state index contributed by atoms with van der Waals surface area (Å²) < 4.78 is 1.08. The lowest BCUT2D eigenvalue weighted by atomic mass is 10.2. The molecule has 4 rings (SSSR count). The van der Waals surface area contributed by atoms with Crippen molar-refractivity contribution in [3.05, 3.63) is 92.5 Å². The molecule has 5 nitrogen and oxygen atoms in total. The van der Waals surface area contributed by atoms with Gasteiger partial charge in [-0.2, -0.15) is 0 Å². The van der Waals surface area contributed by atoms with Gasteiger partial charge < -0.3 is 10.2 Å². The molecule has 0 atom stereocenters. The highest BCUT2D eigenvalue weighted by Crippen LogP contribution is 2.22. The van der Waals surface area contributed by atoms with E-state index in [9.17, 15) is 4.79 Å². The van der Waals surface area contributed by atoms with Gasteiger partial charge in [-0.05, 0) is 95.0 Å². The Kier molecular flexibility index (Phi) is 8.19. The van der Waals surface area contributed by atoms with E-state index in [1.165, 1.54) is 11.3 Å². The number of benzene rings is 3. The number of rotatable bonds is 5. The van der Waals surface area contributed by atoms with Crippen molar-refractivity contribution in [3.8, 4) is 0 Å². The third-order valence-corrected chi connectivity index (χ3v) is 6.84. The number of amides is 1. The quantitative estimate of drug-likeness (QED) is 0.308. The molecule has 0 bridgehead atoms. The number of carbonyl (C=O) groups is 1. The van der Waals surface area contributed by atoms with E-state index in [1.54, 1.807) is 12.1 Å². The Morgan fingerprint density at radius 3 is 2.27 bits per heavy atom. The first-order chi connectivity index (χ1) is 16.0. The lowest BCUT2D eigenvalue weighted by molar-refractivity contribution is 0.0977. The Bertz CT molecular complexity index is 1120. The monoisotopic (exact) mass is 590 g/mol. The van der Waals surface area contributed by atoms with E-state index in [1.807, 2.05) is 42.5 Å². The summed E-state index contributed by atoms with van der Waals surface area (Å²) in [6.07, 6.45) is 0. The molecule has 33 heavy (non-hydrogen) atoms. The first-order valence-corrected chi connectivity index (χ1v) is 12.5. The normalized spacial score (nSPS) is 14.1. The topological polar surface area (TPSA) is 47.6 Å². The van der Waals surface area contributed by atoms with E-state index < -0.39 is 0 Å². The molecule has 0 saturated carbocycles. The highest BCUT2D eigenvalue weighted by molar-refractivity contribution is 14.1. The SMILES string of the molecule is O=C(NC(=S)Nc1ccc(N2CCN(Cc3ccccc3Cl)CC2)cc1)c1ccc(I)cc1. The Labute approximate surface area is 218 Å². The third-order valence-electron chi connectivity index (χ3n) is 5.55. The zero-order chi connectivity index (χ0) is 23.2. The van der Waals surface area contributed by atoms with Crippen molar-refractivity contribution >= 4 is 68.8 Å². The van der Waals surface area contributed by atoms with Crippen LogP contribution >= 0.6 is 46.4 Å². The maximum absolute atomic E-state index is 12.3. The van der Waals surface area contributed by atoms with Crippen LogP contribution in [0.15, 0.2) is 72.8 Å². The Morgan fingerprint density at radius 2 is 1.61 bits per heavy atom. The molecule has 1 saturated heterocycles. The van der Waals surface area contributed by atoms with Gasteiger partial charge in [0.25, 0.3) is 5.91 Å². The van der Waals surface area contributed by atoms with Gasteiger partial charge in [0.05, 0.1) is 0 Å². The minimum atomic E-state index is -0.227. The number of nitrogens with one attached hydrogen (secondary N) is 2. The van der Waals surface area contributed by atoms with Crippen LogP contribution in [-0.4, -0.2) is 42.1 Å². The second-order valence-corrected chi connectivity index (χ2v) is 9.88. The number of nitrogens with zero attached hydrogens (tertiary/aromatic N) is 2. The van der Waals surface area contributed by atoms with Crippen LogP contribution in [0, 0.1) is 3.57 Å². The largest absolute Gasteiger partial charge is 0.369 e. The van der Waals surface area contributed by atoms with E-state index in [2.05, 4.69) is 61.2 Å². The minimum absolute atomic E-state index is 0.227. The van der Waals surface area contributed by atoms with Crippen LogP contribution in [0.25, 0.3) is 0 Å². The average Bonchev–Trinajstić information content (AvgIpc) is 2.82. The van der Waals surface area contributed by atoms with Crippen molar-refractivity contribution in [2.75, 3.05) is 36.4 Å². The molecule has 1 aliphatic rings. The second-order valence-electron chi connectivity index (χ2n) is 7.82. The van der Waals surface area contributed by atoms with E-state index in [-0.39, 0.29) is 11.0 Å². The lowest BCUT2D eigenvalue weighted by Crippen LogP contribution is -2.46. The molecule has 0 radical (unpaired) electrons. The molecule has 8 heteroatoms. The van der Waals surface area contributed by atoms with Gasteiger partial charge in [-0.15, -0.1) is 0 Å². The first kappa shape index (κ1) is 23.9. The summed E-state index contributed by atoms with van der Waals surface area (Å²) in [4.78, 5) is 17.1. The van der Waals surface area contributed by atoms with E-state index in [0.29, 0.717) is 5.56 Å². The van der Waals surface area contributed by atoms with Gasteiger partial charge in [0, 0.05) is 58.3 Å². The molecule has 3 aromatic rings. The van der Waals surface area contributed by atoms with Crippen LogP contribution < -0.4 is 15.5 Å². The predicted octanol–water partition coefficient (Wildman–Crippen LogP) is 5.39. The molecular weight excluding hydrogens is 567 g/mol. The Morgan fingerprint density at radius 1 is 0.939 bits per heavy atom. The van der Waals surface area contributed by atoms with Crippen molar-refractivity contribution in [2.45, 2.75) is 6.54 Å². The summed E-state index contributed by atoms with van der Waals surface area (Å²) in [6, 6.07) is 23.5. The molecule has 1 fully saturated rings. The molecule has 1 amide bonds. The number of carbonyl (C=O) groups excluding carboxylic acids is 1. The lowest BCUT2D eigenvalue weighted by Gasteiger charge is -2.36. The fourth-order valence-electron chi connectivity index (χ4n) is 3.73. The highest BCUT2D eigenvalue weighted by Gasteiger charge is 2.18. The third kappa shape index (κ3) is 6.66. The summed E-state index contributed by atoms with van der Waals surface area (Å²) >= 11 is 13.8. The molecular formula is C25H24ClIN4OS. The maximum atomic E-state index is 12.3. The van der Waals surface area contributed by atoms with E-state index in [4.69, 9.17) is 23.8 Å². The van der Waals surface area contributed by atoms with Gasteiger partial charge in [-0.3, -0.25) is 15.0 Å². The molecule has 0 unspecified atom stereocenters. The van der Waals surface area contributed by atoms with Gasteiger partial charge in [-0.1, -0.05) is 29.8 Å². The van der Waals surface area contributed by atoms with Gasteiger partial charge in [0.2, 0.25) is 0 Å². The second kappa shape index (κ2) is 11.3. The van der Waals surface area contributed by atoms with E-state index >= 15 is 0 Å². The number of hydrogen-bond donors (Lipinski definition) is 2. The summed E-state index contributed by atoms with van der Waals surface area (Å²) in [6.45, 7) is 4.77. The first-order valence-electron chi connectivity index (χ1n) is 10.7. The summed E-state index contributed by atoms with van der Waals surface area (Å²) in [5.74, 6) is -0.227. The molecule has 0 aromatic heterocycles. The molecule has 1 aliphatic heterocycles. The van der Waals surface area contributed by atoms with Crippen molar-refractivity contribution < 1.29 is 4.79 Å². The maximum Gasteiger partial charge on any atom is 0.257 e. The number of hydrogen-bond acceptors (Lipinski definition) is 4. The molecule has 0 spiro atoms. The number of thiocarbonyl (C=S) groups is 1. The number of halogens is 2. The number of piperazine rings is 1. The van der Waals surface area contributed by atoms with Crippen molar-refractivity contribution in [1.29, 1.82) is 0 Å². The van der Waals surface area contributed by atoms with Crippen LogP contribution in [0.1, 0.15) is 15.9 Å². The Balaban J connectivity index is 1.26. The van der Waals surface area contributed by atoms with Crippen LogP contribution in [0.2, 0.25) is 5.02 Å². The van der Waals surface area contributed by atoms with Crippen molar-refractivity contribution in [2.24, 2.45) is 0 Å². The summed E-state index contributed by atoms with van der Waals surface area (Å²) in [5, 5.41) is 6.91. The highest BCUT2D eigenvalue weighted by atomic mass is 127. The van der Waals surface area contributed by atoms with Crippen LogP contribution in [0.3, 0.4) is 0 Å². The van der Waals surface area contributed by atoms with Gasteiger partial charge >= 0.3 is 0 Å². The molecule has 1 heterocycles. The van der Waals surface area contributed by atoms with Crippen LogP contribution in [0.4, 0.5) is 11.4 Å². The van der Waals surface area contributed by atoms with Crippen LogP contribution in [0.5, 0.6) is 0 Å². The molecule has 2 N–H and O–H groups in total. The predicted molar refractivity (Wildman–Crippen MR) is 148 cm³/mol. The van der Waals surface area contributed by atoms with Crippen molar-refractivity contribution in [1.82, 2.24) is 10.2 Å². The standard InChI is InChI=1S/C25H24ClIN4OS/c26-23-4-2-1-3-19(23)17-30-13-15-31(16-14-30)22-11-9-21(10-12-22)28-25(33)29-24(32)18-5-7-20(27)8-6-18/h1-12H,13-17H2,(H2,28,29,32,33). The molecule has 170 valence electrons. The number of anilines is 2.